The number of benzene rings is 2. The summed E-state index contributed by atoms with van der Waals surface area (Å²) >= 11 is 0. The number of sulfonamides is 1. The highest BCUT2D eigenvalue weighted by Crippen LogP contribution is 2.20. The number of carbonyl (C=O) groups is 1. The van der Waals surface area contributed by atoms with Crippen molar-refractivity contribution in [2.24, 2.45) is 0 Å². The van der Waals surface area contributed by atoms with Crippen LogP contribution >= 0.6 is 0 Å². The van der Waals surface area contributed by atoms with E-state index in [0.717, 1.165) is 23.4 Å². The fourth-order valence-corrected chi connectivity index (χ4v) is 4.63. The first kappa shape index (κ1) is 23.2. The van der Waals surface area contributed by atoms with E-state index in [4.69, 9.17) is 9.47 Å². The second-order valence-corrected chi connectivity index (χ2v) is 9.41. The molecule has 7 nitrogen and oxygen atoms in total. The Morgan fingerprint density at radius 3 is 2.48 bits per heavy atom. The standard InChI is InChI=1S/C22H27FN2O5S/c1-16(2)30-18-5-3-17(4-6-18)9-10-24-22(26)20-15-19(7-8-21(20)23)31(27,28)25-11-13-29-14-12-25/h3-8,15-16H,9-14H2,1-2H3,(H,24,26). The summed E-state index contributed by atoms with van der Waals surface area (Å²) in [7, 11) is -3.82. The molecule has 31 heavy (non-hydrogen) atoms. The fourth-order valence-electron chi connectivity index (χ4n) is 3.20. The van der Waals surface area contributed by atoms with E-state index in [0.29, 0.717) is 19.6 Å². The van der Waals surface area contributed by atoms with Gasteiger partial charge in [0.1, 0.15) is 11.6 Å². The minimum absolute atomic E-state index is 0.0860. The van der Waals surface area contributed by atoms with E-state index in [1.54, 1.807) is 0 Å². The zero-order chi connectivity index (χ0) is 22.4. The molecule has 0 aromatic heterocycles. The molecule has 0 atom stereocenters. The van der Waals surface area contributed by atoms with E-state index >= 15 is 0 Å². The van der Waals surface area contributed by atoms with E-state index in [-0.39, 0.29) is 36.2 Å². The van der Waals surface area contributed by atoms with E-state index in [2.05, 4.69) is 5.32 Å². The van der Waals surface area contributed by atoms with Gasteiger partial charge in [-0.2, -0.15) is 4.31 Å². The number of carbonyl (C=O) groups excluding carboxylic acids is 1. The first-order chi connectivity index (χ1) is 14.8. The van der Waals surface area contributed by atoms with Gasteiger partial charge in [-0.15, -0.1) is 0 Å². The molecule has 1 N–H and O–H groups in total. The summed E-state index contributed by atoms with van der Waals surface area (Å²) in [4.78, 5) is 12.4. The zero-order valence-corrected chi connectivity index (χ0v) is 18.5. The summed E-state index contributed by atoms with van der Waals surface area (Å²) in [5.74, 6) is -0.659. The molecule has 0 radical (unpaired) electrons. The molecule has 9 heteroatoms. The molecule has 1 aliphatic heterocycles. The van der Waals surface area contributed by atoms with Crippen molar-refractivity contribution in [3.8, 4) is 5.75 Å². The number of morpholine rings is 1. The van der Waals surface area contributed by atoms with Crippen LogP contribution in [0.5, 0.6) is 5.75 Å². The topological polar surface area (TPSA) is 84.9 Å². The van der Waals surface area contributed by atoms with E-state index < -0.39 is 21.7 Å². The maximum absolute atomic E-state index is 14.2. The highest BCUT2D eigenvalue weighted by molar-refractivity contribution is 7.89. The average molecular weight is 451 g/mol. The van der Waals surface area contributed by atoms with Gasteiger partial charge in [-0.25, -0.2) is 12.8 Å². The zero-order valence-electron chi connectivity index (χ0n) is 17.6. The van der Waals surface area contributed by atoms with Crippen LogP contribution in [0.1, 0.15) is 29.8 Å². The van der Waals surface area contributed by atoms with Gasteiger partial charge in [0.15, 0.2) is 0 Å². The number of hydrogen-bond acceptors (Lipinski definition) is 5. The second kappa shape index (κ2) is 10.2. The highest BCUT2D eigenvalue weighted by Gasteiger charge is 2.27. The van der Waals surface area contributed by atoms with Gasteiger partial charge in [0.25, 0.3) is 5.91 Å². The van der Waals surface area contributed by atoms with Crippen LogP contribution < -0.4 is 10.1 Å². The van der Waals surface area contributed by atoms with Crippen molar-refractivity contribution in [1.82, 2.24) is 9.62 Å². The van der Waals surface area contributed by atoms with Crippen LogP contribution in [0.25, 0.3) is 0 Å². The second-order valence-electron chi connectivity index (χ2n) is 7.47. The average Bonchev–Trinajstić information content (AvgIpc) is 2.75. The Bertz CT molecular complexity index is 1000. The van der Waals surface area contributed by atoms with Crippen molar-refractivity contribution < 1.29 is 27.1 Å². The minimum Gasteiger partial charge on any atom is -0.491 e. The molecule has 0 bridgehead atoms. The maximum Gasteiger partial charge on any atom is 0.254 e. The van der Waals surface area contributed by atoms with Gasteiger partial charge in [0, 0.05) is 19.6 Å². The van der Waals surface area contributed by atoms with Gasteiger partial charge in [-0.3, -0.25) is 4.79 Å². The normalized spacial score (nSPS) is 15.1. The predicted octanol–water partition coefficient (Wildman–Crippen LogP) is 2.61. The Morgan fingerprint density at radius 1 is 1.16 bits per heavy atom. The fraction of sp³-hybridized carbons (Fsp3) is 0.409. The van der Waals surface area contributed by atoms with Crippen molar-refractivity contribution in [3.63, 3.8) is 0 Å². The van der Waals surface area contributed by atoms with E-state index in [1.165, 1.54) is 10.4 Å². The lowest BCUT2D eigenvalue weighted by Gasteiger charge is -2.26. The number of nitrogens with one attached hydrogen (secondary N) is 1. The lowest BCUT2D eigenvalue weighted by atomic mass is 10.1. The Labute approximate surface area is 182 Å². The number of ether oxygens (including phenoxy) is 2. The number of nitrogens with zero attached hydrogens (tertiary/aromatic N) is 1. The Kier molecular flexibility index (Phi) is 7.64. The molecule has 2 aromatic carbocycles. The molecule has 1 saturated heterocycles. The molecule has 0 spiro atoms. The minimum atomic E-state index is -3.82. The SMILES string of the molecule is CC(C)Oc1ccc(CCNC(=O)c2cc(S(=O)(=O)N3CCOCC3)ccc2F)cc1. The lowest BCUT2D eigenvalue weighted by Crippen LogP contribution is -2.40. The number of halogens is 1. The quantitative estimate of drug-likeness (QED) is 0.668. The monoisotopic (exact) mass is 450 g/mol. The van der Waals surface area contributed by atoms with Crippen molar-refractivity contribution in [2.75, 3.05) is 32.8 Å². The van der Waals surface area contributed by atoms with Crippen molar-refractivity contribution in [3.05, 3.63) is 59.4 Å². The summed E-state index contributed by atoms with van der Waals surface area (Å²) in [5.41, 5.74) is 0.690. The largest absolute Gasteiger partial charge is 0.491 e. The van der Waals surface area contributed by atoms with Crippen LogP contribution in [0.3, 0.4) is 0 Å². The Hall–Kier alpha value is -2.49. The number of hydrogen-bond donors (Lipinski definition) is 1. The van der Waals surface area contributed by atoms with Crippen LogP contribution in [0, 0.1) is 5.82 Å². The van der Waals surface area contributed by atoms with Crippen molar-refractivity contribution in [2.45, 2.75) is 31.3 Å². The summed E-state index contributed by atoms with van der Waals surface area (Å²) in [6.45, 7) is 5.23. The number of rotatable bonds is 8. The summed E-state index contributed by atoms with van der Waals surface area (Å²) < 4.78 is 51.8. The van der Waals surface area contributed by atoms with Crippen LogP contribution in [0.15, 0.2) is 47.4 Å². The molecule has 168 valence electrons. The van der Waals surface area contributed by atoms with Crippen molar-refractivity contribution >= 4 is 15.9 Å². The first-order valence-electron chi connectivity index (χ1n) is 10.2. The predicted molar refractivity (Wildman–Crippen MR) is 114 cm³/mol. The van der Waals surface area contributed by atoms with Gasteiger partial charge >= 0.3 is 0 Å². The van der Waals surface area contributed by atoms with E-state index in [1.807, 2.05) is 38.1 Å². The van der Waals surface area contributed by atoms with Gasteiger partial charge in [0.2, 0.25) is 10.0 Å². The van der Waals surface area contributed by atoms with Crippen LogP contribution in [0.2, 0.25) is 0 Å². The van der Waals surface area contributed by atoms with Gasteiger partial charge in [-0.05, 0) is 56.2 Å². The molecule has 0 saturated carbocycles. The third-order valence-electron chi connectivity index (χ3n) is 4.78. The van der Waals surface area contributed by atoms with Crippen LogP contribution in [-0.2, 0) is 21.2 Å². The molecule has 3 rings (SSSR count). The Morgan fingerprint density at radius 2 is 1.84 bits per heavy atom. The molecule has 1 fully saturated rings. The molecular formula is C22H27FN2O5S. The Balaban J connectivity index is 1.63. The third-order valence-corrected chi connectivity index (χ3v) is 6.68. The molecule has 0 unspecified atom stereocenters. The lowest BCUT2D eigenvalue weighted by molar-refractivity contribution is 0.0730. The maximum atomic E-state index is 14.2. The van der Waals surface area contributed by atoms with Crippen molar-refractivity contribution in [1.29, 1.82) is 0 Å². The number of amides is 1. The molecule has 2 aromatic rings. The van der Waals surface area contributed by atoms with Gasteiger partial charge in [-0.1, -0.05) is 12.1 Å². The smallest absolute Gasteiger partial charge is 0.254 e. The molecule has 1 heterocycles. The van der Waals surface area contributed by atoms with E-state index in [9.17, 15) is 17.6 Å². The summed E-state index contributed by atoms with van der Waals surface area (Å²) in [5, 5.41) is 2.65. The molecule has 1 amide bonds. The van der Waals surface area contributed by atoms with Crippen LogP contribution in [0.4, 0.5) is 4.39 Å². The first-order valence-corrected chi connectivity index (χ1v) is 11.6. The summed E-state index contributed by atoms with van der Waals surface area (Å²) in [6.07, 6.45) is 0.629. The van der Waals surface area contributed by atoms with Gasteiger partial charge < -0.3 is 14.8 Å². The molecule has 1 aliphatic rings. The molecule has 0 aliphatic carbocycles. The third kappa shape index (κ3) is 6.03. The summed E-state index contributed by atoms with van der Waals surface area (Å²) in [6, 6.07) is 10.8. The molecular weight excluding hydrogens is 423 g/mol. The van der Waals surface area contributed by atoms with Crippen LogP contribution in [-0.4, -0.2) is 57.6 Å². The highest BCUT2D eigenvalue weighted by atomic mass is 32.2. The van der Waals surface area contributed by atoms with Gasteiger partial charge in [0.05, 0.1) is 29.8 Å².